The summed E-state index contributed by atoms with van der Waals surface area (Å²) >= 11 is 0. The van der Waals surface area contributed by atoms with Crippen molar-refractivity contribution in [1.29, 1.82) is 0 Å². The summed E-state index contributed by atoms with van der Waals surface area (Å²) in [6.45, 7) is 0.893. The molecule has 0 radical (unpaired) electrons. The Morgan fingerprint density at radius 2 is 2.50 bits per heavy atom. The molecular weight excluding hydrogens is 230 g/mol. The molecule has 0 spiro atoms. The summed E-state index contributed by atoms with van der Waals surface area (Å²) < 4.78 is 10.7. The van der Waals surface area contributed by atoms with Gasteiger partial charge in [0.1, 0.15) is 0 Å². The molecule has 2 atom stereocenters. The Hall–Kier alpha value is -1.13. The van der Waals surface area contributed by atoms with Gasteiger partial charge in [-0.25, -0.2) is 4.98 Å². The summed E-state index contributed by atoms with van der Waals surface area (Å²) in [5, 5.41) is 10.1. The molecule has 0 bridgehead atoms. The molecule has 1 N–H and O–H groups in total. The number of hydrogen-bond acceptors (Lipinski definition) is 4. The average molecular weight is 251 g/mol. The monoisotopic (exact) mass is 251 g/mol. The van der Waals surface area contributed by atoms with Crippen molar-refractivity contribution in [3.8, 4) is 5.88 Å². The normalized spacial score (nSPS) is 20.9. The highest BCUT2D eigenvalue weighted by Gasteiger charge is 2.17. The van der Waals surface area contributed by atoms with Crippen molar-refractivity contribution in [2.24, 2.45) is 0 Å². The van der Waals surface area contributed by atoms with Gasteiger partial charge in [-0.05, 0) is 44.2 Å². The molecule has 1 aliphatic heterocycles. The molecule has 0 saturated carbocycles. The van der Waals surface area contributed by atoms with Gasteiger partial charge >= 0.3 is 0 Å². The molecule has 100 valence electrons. The van der Waals surface area contributed by atoms with E-state index in [4.69, 9.17) is 9.47 Å². The molecular formula is C14H21NO3. The van der Waals surface area contributed by atoms with Crippen LogP contribution in [0.1, 0.15) is 43.8 Å². The van der Waals surface area contributed by atoms with Crippen molar-refractivity contribution in [3.05, 3.63) is 23.9 Å². The summed E-state index contributed by atoms with van der Waals surface area (Å²) in [5.41, 5.74) is 0.771. The molecule has 4 nitrogen and oxygen atoms in total. The lowest BCUT2D eigenvalue weighted by atomic mass is 10.0. The van der Waals surface area contributed by atoms with Crippen molar-refractivity contribution < 1.29 is 14.6 Å². The van der Waals surface area contributed by atoms with Crippen molar-refractivity contribution in [3.63, 3.8) is 0 Å². The molecule has 0 amide bonds. The number of aliphatic hydroxyl groups excluding tert-OH is 1. The van der Waals surface area contributed by atoms with E-state index in [0.717, 1.165) is 37.9 Å². The van der Waals surface area contributed by atoms with E-state index >= 15 is 0 Å². The lowest BCUT2D eigenvalue weighted by molar-refractivity contribution is 0.0940. The zero-order valence-corrected chi connectivity index (χ0v) is 10.8. The molecule has 2 unspecified atom stereocenters. The van der Waals surface area contributed by atoms with E-state index in [1.54, 1.807) is 13.3 Å². The number of methoxy groups -OCH3 is 1. The third-order valence-corrected chi connectivity index (χ3v) is 3.38. The highest BCUT2D eigenvalue weighted by molar-refractivity contribution is 5.27. The van der Waals surface area contributed by atoms with Crippen LogP contribution in [-0.2, 0) is 4.74 Å². The Kier molecular flexibility index (Phi) is 4.96. The minimum Gasteiger partial charge on any atom is -0.481 e. The second kappa shape index (κ2) is 6.71. The molecule has 1 aromatic rings. The largest absolute Gasteiger partial charge is 0.481 e. The SMILES string of the molecule is COc1ncccc1C(O)CCCC1CCCO1. The zero-order chi connectivity index (χ0) is 12.8. The zero-order valence-electron chi connectivity index (χ0n) is 10.8. The van der Waals surface area contributed by atoms with Gasteiger partial charge in [0.25, 0.3) is 0 Å². The van der Waals surface area contributed by atoms with Gasteiger partial charge in [-0.3, -0.25) is 0 Å². The maximum Gasteiger partial charge on any atom is 0.218 e. The predicted molar refractivity (Wildman–Crippen MR) is 68.6 cm³/mol. The number of hydrogen-bond donors (Lipinski definition) is 1. The van der Waals surface area contributed by atoms with E-state index in [2.05, 4.69) is 4.98 Å². The quantitative estimate of drug-likeness (QED) is 0.844. The minimum absolute atomic E-state index is 0.396. The summed E-state index contributed by atoms with van der Waals surface area (Å²) in [5.74, 6) is 0.516. The fraction of sp³-hybridized carbons (Fsp3) is 0.643. The standard InChI is InChI=1S/C14H21NO3/c1-17-14-12(7-3-9-15-14)13(16)8-2-5-11-6-4-10-18-11/h3,7,9,11,13,16H,2,4-6,8,10H2,1H3. The van der Waals surface area contributed by atoms with Gasteiger partial charge in [0.2, 0.25) is 5.88 Å². The molecule has 1 saturated heterocycles. The van der Waals surface area contributed by atoms with Crippen LogP contribution >= 0.6 is 0 Å². The number of aromatic nitrogens is 1. The van der Waals surface area contributed by atoms with Crippen LogP contribution in [0.5, 0.6) is 5.88 Å². The minimum atomic E-state index is -0.505. The maximum atomic E-state index is 10.1. The topological polar surface area (TPSA) is 51.6 Å². The van der Waals surface area contributed by atoms with Gasteiger partial charge in [-0.1, -0.05) is 0 Å². The van der Waals surface area contributed by atoms with Crippen molar-refractivity contribution in [2.75, 3.05) is 13.7 Å². The number of pyridine rings is 1. The van der Waals surface area contributed by atoms with Crippen LogP contribution in [0.4, 0.5) is 0 Å². The third kappa shape index (κ3) is 3.43. The van der Waals surface area contributed by atoms with Gasteiger partial charge in [-0.15, -0.1) is 0 Å². The Morgan fingerprint density at radius 1 is 1.61 bits per heavy atom. The Bertz CT molecular complexity index is 364. The summed E-state index contributed by atoms with van der Waals surface area (Å²) in [6.07, 6.45) is 6.60. The summed E-state index contributed by atoms with van der Waals surface area (Å²) in [6, 6.07) is 3.68. The molecule has 1 aromatic heterocycles. The fourth-order valence-corrected chi connectivity index (χ4v) is 2.39. The molecule has 0 aliphatic carbocycles. The van der Waals surface area contributed by atoms with Gasteiger partial charge < -0.3 is 14.6 Å². The van der Waals surface area contributed by atoms with E-state index in [1.165, 1.54) is 6.42 Å². The highest BCUT2D eigenvalue weighted by atomic mass is 16.5. The van der Waals surface area contributed by atoms with Crippen LogP contribution < -0.4 is 4.74 Å². The first-order chi connectivity index (χ1) is 8.81. The molecule has 2 rings (SSSR count). The van der Waals surface area contributed by atoms with Crippen LogP contribution in [0.15, 0.2) is 18.3 Å². The van der Waals surface area contributed by atoms with Crippen LogP contribution in [0.2, 0.25) is 0 Å². The molecule has 4 heteroatoms. The summed E-state index contributed by atoms with van der Waals surface area (Å²) in [4.78, 5) is 4.10. The first-order valence-corrected chi connectivity index (χ1v) is 6.60. The van der Waals surface area contributed by atoms with E-state index < -0.39 is 6.10 Å². The highest BCUT2D eigenvalue weighted by Crippen LogP contribution is 2.27. The van der Waals surface area contributed by atoms with Gasteiger partial charge in [0.05, 0.1) is 19.3 Å². The van der Waals surface area contributed by atoms with Crippen molar-refractivity contribution >= 4 is 0 Å². The van der Waals surface area contributed by atoms with E-state index in [1.807, 2.05) is 12.1 Å². The maximum absolute atomic E-state index is 10.1. The van der Waals surface area contributed by atoms with E-state index in [9.17, 15) is 5.11 Å². The second-order valence-electron chi connectivity index (χ2n) is 4.68. The second-order valence-corrected chi connectivity index (χ2v) is 4.68. The number of nitrogens with zero attached hydrogens (tertiary/aromatic N) is 1. The van der Waals surface area contributed by atoms with Gasteiger partial charge in [0.15, 0.2) is 0 Å². The average Bonchev–Trinajstić information content (AvgIpc) is 2.91. The molecule has 0 aromatic carbocycles. The Balaban J connectivity index is 1.81. The summed E-state index contributed by atoms with van der Waals surface area (Å²) in [7, 11) is 1.57. The van der Waals surface area contributed by atoms with Crippen molar-refractivity contribution in [2.45, 2.75) is 44.3 Å². The Labute approximate surface area is 108 Å². The molecule has 1 aliphatic rings. The van der Waals surface area contributed by atoms with Crippen molar-refractivity contribution in [1.82, 2.24) is 4.98 Å². The molecule has 2 heterocycles. The van der Waals surface area contributed by atoms with Crippen LogP contribution in [0.25, 0.3) is 0 Å². The van der Waals surface area contributed by atoms with E-state index in [-0.39, 0.29) is 0 Å². The first kappa shape index (κ1) is 13.3. The molecule has 18 heavy (non-hydrogen) atoms. The predicted octanol–water partition coefficient (Wildman–Crippen LogP) is 2.47. The molecule has 1 fully saturated rings. The number of ether oxygens (including phenoxy) is 2. The van der Waals surface area contributed by atoms with Crippen LogP contribution in [-0.4, -0.2) is 29.9 Å². The van der Waals surface area contributed by atoms with Crippen LogP contribution in [0, 0.1) is 0 Å². The van der Waals surface area contributed by atoms with E-state index in [0.29, 0.717) is 12.0 Å². The third-order valence-electron chi connectivity index (χ3n) is 3.38. The fourth-order valence-electron chi connectivity index (χ4n) is 2.39. The smallest absolute Gasteiger partial charge is 0.218 e. The lowest BCUT2D eigenvalue weighted by Crippen LogP contribution is -2.07. The lowest BCUT2D eigenvalue weighted by Gasteiger charge is -2.14. The number of aliphatic hydroxyl groups is 1. The first-order valence-electron chi connectivity index (χ1n) is 6.60. The van der Waals surface area contributed by atoms with Gasteiger partial charge in [-0.2, -0.15) is 0 Å². The van der Waals surface area contributed by atoms with Gasteiger partial charge in [0, 0.05) is 18.4 Å². The Morgan fingerprint density at radius 3 is 3.22 bits per heavy atom. The van der Waals surface area contributed by atoms with Crippen LogP contribution in [0.3, 0.4) is 0 Å². The number of rotatable bonds is 6.